The Kier molecular flexibility index (Phi) is 4.56. The lowest BCUT2D eigenvalue weighted by Crippen LogP contribution is -2.07. The normalized spacial score (nSPS) is 12.2. The lowest BCUT2D eigenvalue weighted by Gasteiger charge is -2.19. The molecule has 1 rings (SSSR count). The molecular formula is C16H23N. The minimum Gasteiger partial charge on any atom is -0.398 e. The van der Waals surface area contributed by atoms with E-state index in [1.54, 1.807) is 6.08 Å². The highest BCUT2D eigenvalue weighted by atomic mass is 14.6. The molecule has 0 fully saturated rings. The predicted molar refractivity (Wildman–Crippen MR) is 77.0 cm³/mol. The molecule has 0 aliphatic rings. The second-order valence-corrected chi connectivity index (χ2v) is 4.98. The van der Waals surface area contributed by atoms with Crippen LogP contribution in [0.25, 0.3) is 5.70 Å². The summed E-state index contributed by atoms with van der Waals surface area (Å²) in [4.78, 5) is 0. The third-order valence-electron chi connectivity index (χ3n) is 2.96. The molecule has 2 N–H and O–H groups in total. The Labute approximate surface area is 105 Å². The zero-order valence-corrected chi connectivity index (χ0v) is 11.3. The van der Waals surface area contributed by atoms with Crippen LogP contribution in [0.5, 0.6) is 0 Å². The Balaban J connectivity index is 3.49. The smallest absolute Gasteiger partial charge is 0.0393 e. The molecule has 0 saturated heterocycles. The first-order valence-electron chi connectivity index (χ1n) is 6.20. The Morgan fingerprint density at radius 2 is 1.59 bits per heavy atom. The fourth-order valence-corrected chi connectivity index (χ4v) is 2.09. The fraction of sp³-hybridized carbons (Fsp3) is 0.375. The summed E-state index contributed by atoms with van der Waals surface area (Å²) in [6.07, 6.45) is 3.63. The summed E-state index contributed by atoms with van der Waals surface area (Å²) < 4.78 is 0. The van der Waals surface area contributed by atoms with Crippen LogP contribution in [0.3, 0.4) is 0 Å². The fourth-order valence-electron chi connectivity index (χ4n) is 2.09. The molecule has 0 aromatic heterocycles. The van der Waals surface area contributed by atoms with Crippen LogP contribution in [-0.4, -0.2) is 0 Å². The Bertz CT molecular complexity index is 399. The Morgan fingerprint density at radius 1 is 1.12 bits per heavy atom. The highest BCUT2D eigenvalue weighted by Crippen LogP contribution is 2.30. The van der Waals surface area contributed by atoms with Crippen molar-refractivity contribution in [2.24, 2.45) is 5.73 Å². The summed E-state index contributed by atoms with van der Waals surface area (Å²) in [6, 6.07) is 6.45. The van der Waals surface area contributed by atoms with Gasteiger partial charge in [0, 0.05) is 11.3 Å². The van der Waals surface area contributed by atoms with E-state index < -0.39 is 0 Å². The molecule has 92 valence electrons. The highest BCUT2D eigenvalue weighted by molar-refractivity contribution is 5.70. The second-order valence-electron chi connectivity index (χ2n) is 4.98. The largest absolute Gasteiger partial charge is 0.398 e. The van der Waals surface area contributed by atoms with Gasteiger partial charge >= 0.3 is 0 Å². The van der Waals surface area contributed by atoms with E-state index in [4.69, 9.17) is 5.73 Å². The van der Waals surface area contributed by atoms with Crippen LogP contribution in [0, 0.1) is 0 Å². The van der Waals surface area contributed by atoms with Gasteiger partial charge in [-0.1, -0.05) is 58.5 Å². The van der Waals surface area contributed by atoms with Crippen LogP contribution in [0.1, 0.15) is 56.2 Å². The lowest BCUT2D eigenvalue weighted by molar-refractivity contribution is 0.826. The minimum atomic E-state index is 0.473. The molecule has 0 bridgehead atoms. The minimum absolute atomic E-state index is 0.473. The van der Waals surface area contributed by atoms with Crippen molar-refractivity contribution in [3.63, 3.8) is 0 Å². The van der Waals surface area contributed by atoms with E-state index in [1.165, 1.54) is 16.7 Å². The van der Waals surface area contributed by atoms with Gasteiger partial charge < -0.3 is 5.73 Å². The van der Waals surface area contributed by atoms with Crippen molar-refractivity contribution < 1.29 is 0 Å². The van der Waals surface area contributed by atoms with E-state index in [0.29, 0.717) is 11.8 Å². The maximum absolute atomic E-state index is 6.17. The summed E-state index contributed by atoms with van der Waals surface area (Å²) in [5.41, 5.74) is 10.8. The molecule has 1 heteroatoms. The third-order valence-corrected chi connectivity index (χ3v) is 2.96. The maximum Gasteiger partial charge on any atom is 0.0393 e. The van der Waals surface area contributed by atoms with Crippen LogP contribution in [0.4, 0.5) is 0 Å². The Morgan fingerprint density at radius 3 is 1.94 bits per heavy atom. The monoisotopic (exact) mass is 229 g/mol. The van der Waals surface area contributed by atoms with Gasteiger partial charge in [-0.2, -0.15) is 0 Å². The average Bonchev–Trinajstić information content (AvgIpc) is 2.28. The number of nitrogens with two attached hydrogens (primary N) is 1. The van der Waals surface area contributed by atoms with Gasteiger partial charge in [-0.25, -0.2) is 0 Å². The third kappa shape index (κ3) is 3.00. The topological polar surface area (TPSA) is 26.0 Å². The van der Waals surface area contributed by atoms with E-state index in [0.717, 1.165) is 5.70 Å². The molecule has 0 aliphatic carbocycles. The van der Waals surface area contributed by atoms with Gasteiger partial charge in [-0.3, -0.25) is 0 Å². The van der Waals surface area contributed by atoms with E-state index in [2.05, 4.69) is 52.5 Å². The summed E-state index contributed by atoms with van der Waals surface area (Å²) in [5, 5.41) is 0. The second kappa shape index (κ2) is 5.72. The molecule has 0 saturated carbocycles. The van der Waals surface area contributed by atoms with Crippen molar-refractivity contribution in [2.75, 3.05) is 0 Å². The number of hydrogen-bond acceptors (Lipinski definition) is 1. The first-order valence-corrected chi connectivity index (χ1v) is 6.20. The van der Waals surface area contributed by atoms with Crippen LogP contribution in [0.2, 0.25) is 0 Å². The molecule has 1 nitrogen and oxygen atoms in total. The summed E-state index contributed by atoms with van der Waals surface area (Å²) in [5.74, 6) is 0.945. The van der Waals surface area contributed by atoms with Crippen molar-refractivity contribution in [1.29, 1.82) is 0 Å². The summed E-state index contributed by atoms with van der Waals surface area (Å²) in [7, 11) is 0. The Hall–Kier alpha value is -1.50. The van der Waals surface area contributed by atoms with Crippen molar-refractivity contribution in [3.05, 3.63) is 53.6 Å². The molecule has 1 aromatic rings. The maximum atomic E-state index is 6.17. The number of benzene rings is 1. The zero-order valence-electron chi connectivity index (χ0n) is 11.3. The van der Waals surface area contributed by atoms with Gasteiger partial charge in [0.25, 0.3) is 0 Å². The molecular weight excluding hydrogens is 206 g/mol. The van der Waals surface area contributed by atoms with Gasteiger partial charge in [-0.15, -0.1) is 0 Å². The molecule has 0 radical (unpaired) electrons. The van der Waals surface area contributed by atoms with Gasteiger partial charge in [0.2, 0.25) is 0 Å². The number of hydrogen-bond donors (Lipinski definition) is 1. The average molecular weight is 229 g/mol. The lowest BCUT2D eigenvalue weighted by atomic mass is 9.87. The van der Waals surface area contributed by atoms with Crippen LogP contribution >= 0.6 is 0 Å². The van der Waals surface area contributed by atoms with E-state index in [-0.39, 0.29) is 0 Å². The van der Waals surface area contributed by atoms with E-state index >= 15 is 0 Å². The van der Waals surface area contributed by atoms with Crippen LogP contribution < -0.4 is 5.73 Å². The number of rotatable bonds is 4. The SMILES string of the molecule is C=C/C=C(\N)c1c(C(C)C)cccc1C(C)C. The van der Waals surface area contributed by atoms with Crippen molar-refractivity contribution in [2.45, 2.75) is 39.5 Å². The molecule has 0 heterocycles. The molecule has 0 amide bonds. The zero-order chi connectivity index (χ0) is 13.0. The summed E-state index contributed by atoms with van der Waals surface area (Å²) in [6.45, 7) is 12.5. The molecule has 0 unspecified atom stereocenters. The van der Waals surface area contributed by atoms with Gasteiger partial charge in [0.15, 0.2) is 0 Å². The molecule has 0 aliphatic heterocycles. The molecule has 1 aromatic carbocycles. The van der Waals surface area contributed by atoms with Crippen molar-refractivity contribution in [3.8, 4) is 0 Å². The highest BCUT2D eigenvalue weighted by Gasteiger charge is 2.14. The van der Waals surface area contributed by atoms with Crippen LogP contribution in [0.15, 0.2) is 36.9 Å². The standard InChI is InChI=1S/C16H23N/c1-6-8-15(17)16-13(11(2)3)9-7-10-14(16)12(4)5/h6-12H,1,17H2,2-5H3/b15-8-. The predicted octanol–water partition coefficient (Wildman–Crippen LogP) is 4.42. The quantitative estimate of drug-likeness (QED) is 0.760. The summed E-state index contributed by atoms with van der Waals surface area (Å²) >= 11 is 0. The molecule has 0 spiro atoms. The number of allylic oxidation sites excluding steroid dienone is 2. The van der Waals surface area contributed by atoms with E-state index in [1.807, 2.05) is 6.08 Å². The van der Waals surface area contributed by atoms with Gasteiger partial charge in [0.05, 0.1) is 0 Å². The first-order chi connectivity index (χ1) is 7.99. The van der Waals surface area contributed by atoms with Crippen LogP contribution in [-0.2, 0) is 0 Å². The molecule has 17 heavy (non-hydrogen) atoms. The van der Waals surface area contributed by atoms with Crippen molar-refractivity contribution in [1.82, 2.24) is 0 Å². The first kappa shape index (κ1) is 13.6. The van der Waals surface area contributed by atoms with E-state index in [9.17, 15) is 0 Å². The van der Waals surface area contributed by atoms with Gasteiger partial charge in [0.1, 0.15) is 0 Å². The van der Waals surface area contributed by atoms with Gasteiger partial charge in [-0.05, 0) is 29.0 Å². The van der Waals surface area contributed by atoms with Crippen molar-refractivity contribution >= 4 is 5.70 Å². The molecule has 0 atom stereocenters.